The smallest absolute Gasteiger partial charge is 0.197 e. The molecule has 0 aromatic heterocycles. The molecule has 3 nitrogen and oxygen atoms in total. The predicted octanol–water partition coefficient (Wildman–Crippen LogP) is -0.462. The molecule has 0 fully saturated rings. The van der Waals surface area contributed by atoms with Crippen LogP contribution < -0.4 is 9.47 Å². The van der Waals surface area contributed by atoms with E-state index in [4.69, 9.17) is 9.47 Å². The highest BCUT2D eigenvalue weighted by Crippen LogP contribution is 2.37. The van der Waals surface area contributed by atoms with E-state index in [2.05, 4.69) is 0 Å². The number of hydrogen-bond donors (Lipinski definition) is 0. The number of hydrogen-bond acceptors (Lipinski definition) is 3. The molecule has 1 aliphatic rings. The molecule has 0 N–H and O–H groups in total. The molecule has 0 saturated carbocycles. The van der Waals surface area contributed by atoms with Gasteiger partial charge in [-0.25, -0.2) is 0 Å². The lowest BCUT2D eigenvalue weighted by Crippen LogP contribution is -2.39. The molecule has 1 heterocycles. The van der Waals surface area contributed by atoms with Crippen LogP contribution >= 0.6 is 0 Å². The lowest BCUT2D eigenvalue weighted by atomic mass is 9.76. The van der Waals surface area contributed by atoms with Crippen molar-refractivity contribution >= 4 is 21.5 Å². The van der Waals surface area contributed by atoms with Crippen molar-refractivity contribution in [2.75, 3.05) is 0 Å². The number of benzene rings is 1. The summed E-state index contributed by atoms with van der Waals surface area (Å²) < 4.78 is 11.0. The van der Waals surface area contributed by atoms with Gasteiger partial charge < -0.3 is 9.47 Å². The third-order valence-electron chi connectivity index (χ3n) is 2.06. The molecule has 2 rings (SSSR count). The Kier molecular flexibility index (Phi) is 1.84. The second-order valence-electron chi connectivity index (χ2n) is 3.82. The normalized spacial score (nSPS) is 16.6. The molecule has 0 radical (unpaired) electrons. The lowest BCUT2D eigenvalue weighted by molar-refractivity contribution is 0.0832. The van der Waals surface area contributed by atoms with Crippen molar-refractivity contribution < 1.29 is 14.3 Å². The maximum Gasteiger partial charge on any atom is 0.197 e. The Hall–Kier alpha value is -1.38. The Balaban J connectivity index is 2.40. The number of carbonyl (C=O) groups is 1. The van der Waals surface area contributed by atoms with Crippen molar-refractivity contribution in [1.82, 2.24) is 0 Å². The summed E-state index contributed by atoms with van der Waals surface area (Å²) in [5.74, 6) is 1.36. The molecule has 70 valence electrons. The number of rotatable bonds is 1. The zero-order chi connectivity index (χ0) is 10.3. The Labute approximate surface area is 84.2 Å². The minimum atomic E-state index is -0.627. The fourth-order valence-electron chi connectivity index (χ4n) is 1.44. The zero-order valence-electron chi connectivity index (χ0n) is 8.46. The fourth-order valence-corrected chi connectivity index (χ4v) is 1.44. The van der Waals surface area contributed by atoms with Crippen LogP contribution in [0.4, 0.5) is 0 Å². The second kappa shape index (κ2) is 2.80. The third-order valence-corrected chi connectivity index (χ3v) is 2.06. The molecule has 1 aliphatic heterocycles. The van der Waals surface area contributed by atoms with Gasteiger partial charge in [0.05, 0.1) is 0 Å². The quantitative estimate of drug-likeness (QED) is 0.441. The maximum atomic E-state index is 11.1. The van der Waals surface area contributed by atoms with Crippen LogP contribution in [0, 0.1) is 0 Å². The SMILES string of the molecule is BC1(B)Oc2ccc(C(C)=O)cc2O1. The standard InChI is InChI=1S/C9H10B2O3/c1-5(12)6-2-3-7-8(4-6)14-9(10,11)13-7/h2-4H,10-11H2,1H3. The molecule has 0 atom stereocenters. The van der Waals surface area contributed by atoms with E-state index < -0.39 is 5.59 Å². The van der Waals surface area contributed by atoms with E-state index in [1.54, 1.807) is 18.2 Å². The van der Waals surface area contributed by atoms with Crippen LogP contribution in [-0.2, 0) is 0 Å². The average Bonchev–Trinajstić information content (AvgIpc) is 2.36. The van der Waals surface area contributed by atoms with Crippen LogP contribution in [0.15, 0.2) is 18.2 Å². The van der Waals surface area contributed by atoms with Crippen molar-refractivity contribution in [3.63, 3.8) is 0 Å². The van der Waals surface area contributed by atoms with Gasteiger partial charge in [0.15, 0.2) is 38.6 Å². The highest BCUT2D eigenvalue weighted by atomic mass is 16.7. The van der Waals surface area contributed by atoms with Gasteiger partial charge in [0, 0.05) is 5.56 Å². The van der Waals surface area contributed by atoms with Gasteiger partial charge in [0.25, 0.3) is 0 Å². The molecule has 0 bridgehead atoms. The van der Waals surface area contributed by atoms with Crippen LogP contribution in [-0.4, -0.2) is 27.1 Å². The van der Waals surface area contributed by atoms with Crippen molar-refractivity contribution in [2.24, 2.45) is 0 Å². The Morgan fingerprint density at radius 2 is 1.93 bits per heavy atom. The molecule has 14 heavy (non-hydrogen) atoms. The molecule has 0 saturated heterocycles. The van der Waals surface area contributed by atoms with E-state index in [1.807, 2.05) is 15.7 Å². The summed E-state index contributed by atoms with van der Waals surface area (Å²) in [6, 6.07) is 5.22. The van der Waals surface area contributed by atoms with Gasteiger partial charge >= 0.3 is 0 Å². The van der Waals surface area contributed by atoms with Gasteiger partial charge in [-0.3, -0.25) is 4.79 Å². The minimum absolute atomic E-state index is 0.0288. The minimum Gasteiger partial charge on any atom is -0.467 e. The topological polar surface area (TPSA) is 35.5 Å². The molecule has 0 unspecified atom stereocenters. The van der Waals surface area contributed by atoms with Gasteiger partial charge in [-0.1, -0.05) is 0 Å². The lowest BCUT2D eigenvalue weighted by Gasteiger charge is -2.17. The fraction of sp³-hybridized carbons (Fsp3) is 0.222. The summed E-state index contributed by atoms with van der Waals surface area (Å²) in [6.07, 6.45) is 0. The van der Waals surface area contributed by atoms with E-state index in [0.717, 1.165) is 0 Å². The molecule has 0 spiro atoms. The van der Waals surface area contributed by atoms with Crippen LogP contribution in [0.5, 0.6) is 11.5 Å². The summed E-state index contributed by atoms with van der Waals surface area (Å²) in [7, 11) is 3.67. The van der Waals surface area contributed by atoms with Gasteiger partial charge in [-0.2, -0.15) is 0 Å². The molecule has 0 amide bonds. The van der Waals surface area contributed by atoms with Crippen LogP contribution in [0.2, 0.25) is 0 Å². The Morgan fingerprint density at radius 1 is 1.29 bits per heavy atom. The van der Waals surface area contributed by atoms with Crippen LogP contribution in [0.3, 0.4) is 0 Å². The summed E-state index contributed by atoms with van der Waals surface area (Å²) >= 11 is 0. The summed E-state index contributed by atoms with van der Waals surface area (Å²) in [4.78, 5) is 11.1. The highest BCUT2D eigenvalue weighted by Gasteiger charge is 2.31. The van der Waals surface area contributed by atoms with Crippen molar-refractivity contribution in [3.8, 4) is 11.5 Å². The predicted molar refractivity (Wildman–Crippen MR) is 57.5 cm³/mol. The largest absolute Gasteiger partial charge is 0.467 e. The molecule has 5 heteroatoms. The number of ketones is 1. The van der Waals surface area contributed by atoms with Gasteiger partial charge in [-0.05, 0) is 25.1 Å². The van der Waals surface area contributed by atoms with Gasteiger partial charge in [0.2, 0.25) is 0 Å². The van der Waals surface area contributed by atoms with Gasteiger partial charge in [0.1, 0.15) is 0 Å². The van der Waals surface area contributed by atoms with E-state index in [9.17, 15) is 4.79 Å². The average molecular weight is 188 g/mol. The molecule has 1 aromatic rings. The molecule has 0 aliphatic carbocycles. The summed E-state index contributed by atoms with van der Waals surface area (Å²) in [5, 5.41) is 0. The zero-order valence-corrected chi connectivity index (χ0v) is 8.46. The van der Waals surface area contributed by atoms with E-state index >= 15 is 0 Å². The first-order valence-corrected chi connectivity index (χ1v) is 4.51. The molecule has 1 aromatic carbocycles. The second-order valence-corrected chi connectivity index (χ2v) is 3.82. The highest BCUT2D eigenvalue weighted by molar-refractivity contribution is 6.38. The first kappa shape index (κ1) is 9.19. The first-order chi connectivity index (χ1) is 6.48. The third kappa shape index (κ3) is 1.50. The number of fused-ring (bicyclic) bond motifs is 1. The van der Waals surface area contributed by atoms with Gasteiger partial charge in [-0.15, -0.1) is 0 Å². The molecular weight excluding hydrogens is 178 g/mol. The maximum absolute atomic E-state index is 11.1. The monoisotopic (exact) mass is 188 g/mol. The van der Waals surface area contributed by atoms with Crippen LogP contribution in [0.25, 0.3) is 0 Å². The summed E-state index contributed by atoms with van der Waals surface area (Å²) in [5.41, 5.74) is 0.0163. The first-order valence-electron chi connectivity index (χ1n) is 4.51. The summed E-state index contributed by atoms with van der Waals surface area (Å²) in [6.45, 7) is 1.53. The van der Waals surface area contributed by atoms with Crippen molar-refractivity contribution in [3.05, 3.63) is 23.8 Å². The Morgan fingerprint density at radius 3 is 2.57 bits per heavy atom. The van der Waals surface area contributed by atoms with Crippen molar-refractivity contribution in [2.45, 2.75) is 12.5 Å². The number of Topliss-reactive ketones (excluding diaryl/α,β-unsaturated/α-hetero) is 1. The number of carbonyl (C=O) groups excluding carboxylic acids is 1. The van der Waals surface area contributed by atoms with Crippen molar-refractivity contribution in [1.29, 1.82) is 0 Å². The van der Waals surface area contributed by atoms with Crippen LogP contribution in [0.1, 0.15) is 17.3 Å². The Bertz CT molecular complexity index is 401. The van der Waals surface area contributed by atoms with E-state index in [-0.39, 0.29) is 5.78 Å². The molecular formula is C9H10B2O3. The van der Waals surface area contributed by atoms with E-state index in [0.29, 0.717) is 17.1 Å². The number of ether oxygens (including phenoxy) is 2. The van der Waals surface area contributed by atoms with E-state index in [1.165, 1.54) is 6.92 Å².